The van der Waals surface area contributed by atoms with E-state index in [4.69, 9.17) is 5.21 Å². The largest absolute Gasteiger partial charge is 0.298 e. The number of amides is 1. The molecule has 0 atom stereocenters. The average Bonchev–Trinajstić information content (AvgIpc) is 2.65. The summed E-state index contributed by atoms with van der Waals surface area (Å²) in [4.78, 5) is 28.5. The van der Waals surface area contributed by atoms with Crippen molar-refractivity contribution in [2.45, 2.75) is 13.0 Å². The van der Waals surface area contributed by atoms with Crippen LogP contribution in [0.4, 0.5) is 5.69 Å². The zero-order chi connectivity index (χ0) is 20.3. The van der Waals surface area contributed by atoms with Gasteiger partial charge in [0.25, 0.3) is 11.5 Å². The molecule has 0 bridgehead atoms. The van der Waals surface area contributed by atoms with Crippen LogP contribution in [-0.2, 0) is 23.0 Å². The highest BCUT2D eigenvalue weighted by Crippen LogP contribution is 2.14. The van der Waals surface area contributed by atoms with E-state index in [-0.39, 0.29) is 16.5 Å². The Morgan fingerprint density at radius 3 is 2.71 bits per heavy atom. The first-order valence-electron chi connectivity index (χ1n) is 8.27. The minimum atomic E-state index is -3.37. The molecule has 28 heavy (non-hydrogen) atoms. The first-order valence-corrected chi connectivity index (χ1v) is 10.2. The smallest absolute Gasteiger partial charge is 0.274 e. The quantitative estimate of drug-likeness (QED) is 0.419. The Kier molecular flexibility index (Phi) is 5.43. The van der Waals surface area contributed by atoms with Crippen LogP contribution in [0.1, 0.15) is 15.9 Å². The van der Waals surface area contributed by atoms with E-state index < -0.39 is 15.9 Å². The Morgan fingerprint density at radius 2 is 2.00 bits per heavy atom. The molecule has 2 aromatic carbocycles. The van der Waals surface area contributed by atoms with Gasteiger partial charge in [-0.15, -0.1) is 0 Å². The first kappa shape index (κ1) is 19.5. The van der Waals surface area contributed by atoms with Gasteiger partial charge in [0.1, 0.15) is 0 Å². The van der Waals surface area contributed by atoms with Gasteiger partial charge in [0.15, 0.2) is 0 Å². The Balaban J connectivity index is 1.85. The van der Waals surface area contributed by atoms with Gasteiger partial charge in [0.2, 0.25) is 10.0 Å². The molecule has 0 aliphatic carbocycles. The van der Waals surface area contributed by atoms with Gasteiger partial charge in [-0.2, -0.15) is 0 Å². The number of aryl methyl sites for hydroxylation is 2. The summed E-state index contributed by atoms with van der Waals surface area (Å²) in [6, 6.07) is 11.3. The second kappa shape index (κ2) is 7.79. The number of rotatable bonds is 6. The van der Waals surface area contributed by atoms with E-state index in [0.717, 1.165) is 11.8 Å². The van der Waals surface area contributed by atoms with E-state index in [9.17, 15) is 18.0 Å². The standard InChI is InChI=1S/C18H18N4O5S/c1-28(26,27)21-14-4-2-3-12(9-14)7-8-22-11-19-16-6-5-13(17(23)20-25)10-15(16)18(22)24/h2-6,9-11,21,25H,7-8H2,1H3,(H,20,23). The lowest BCUT2D eigenvalue weighted by Crippen LogP contribution is -2.23. The van der Waals surface area contributed by atoms with Crippen LogP contribution in [0.25, 0.3) is 10.9 Å². The molecule has 0 aliphatic heterocycles. The summed E-state index contributed by atoms with van der Waals surface area (Å²) < 4.78 is 26.5. The van der Waals surface area contributed by atoms with Crippen molar-refractivity contribution in [3.05, 3.63) is 70.3 Å². The highest BCUT2D eigenvalue weighted by molar-refractivity contribution is 7.92. The predicted octanol–water partition coefficient (Wildman–Crippen LogP) is 1.13. The number of nitrogens with one attached hydrogen (secondary N) is 2. The lowest BCUT2D eigenvalue weighted by Gasteiger charge is -2.09. The molecular weight excluding hydrogens is 384 g/mol. The van der Waals surface area contributed by atoms with Gasteiger partial charge in [0, 0.05) is 17.8 Å². The minimum absolute atomic E-state index is 0.145. The van der Waals surface area contributed by atoms with E-state index in [0.29, 0.717) is 24.2 Å². The topological polar surface area (TPSA) is 130 Å². The molecule has 0 spiro atoms. The number of carbonyl (C=O) groups excluding carboxylic acids is 1. The molecule has 0 unspecified atom stereocenters. The Hall–Kier alpha value is -3.24. The number of nitrogens with zero attached hydrogens (tertiary/aromatic N) is 2. The number of hydrogen-bond donors (Lipinski definition) is 3. The molecule has 10 heteroatoms. The van der Waals surface area contributed by atoms with Crippen molar-refractivity contribution < 1.29 is 18.4 Å². The molecule has 9 nitrogen and oxygen atoms in total. The summed E-state index contributed by atoms with van der Waals surface area (Å²) in [6.45, 7) is 0.320. The lowest BCUT2D eigenvalue weighted by atomic mass is 10.1. The Bertz CT molecular complexity index is 1200. The number of hydroxylamine groups is 1. The van der Waals surface area contributed by atoms with Crippen LogP contribution in [0.15, 0.2) is 53.6 Å². The number of benzene rings is 2. The third-order valence-corrected chi connectivity index (χ3v) is 4.67. The zero-order valence-corrected chi connectivity index (χ0v) is 15.7. The molecule has 3 N–H and O–H groups in total. The van der Waals surface area contributed by atoms with E-state index in [2.05, 4.69) is 9.71 Å². The molecule has 1 heterocycles. The van der Waals surface area contributed by atoms with E-state index in [1.165, 1.54) is 34.6 Å². The second-order valence-electron chi connectivity index (χ2n) is 6.24. The van der Waals surface area contributed by atoms with Crippen LogP contribution in [0.3, 0.4) is 0 Å². The van der Waals surface area contributed by atoms with Crippen LogP contribution in [0, 0.1) is 0 Å². The summed E-state index contributed by atoms with van der Waals surface area (Å²) in [5.41, 5.74) is 3.09. The molecule has 0 fully saturated rings. The summed E-state index contributed by atoms with van der Waals surface area (Å²) in [5, 5.41) is 9.01. The SMILES string of the molecule is CS(=O)(=O)Nc1cccc(CCn2cnc3ccc(C(=O)NO)cc3c2=O)c1. The van der Waals surface area contributed by atoms with Crippen LogP contribution < -0.4 is 15.8 Å². The fourth-order valence-electron chi connectivity index (χ4n) is 2.78. The molecule has 3 rings (SSSR count). The van der Waals surface area contributed by atoms with Gasteiger partial charge in [-0.25, -0.2) is 18.9 Å². The van der Waals surface area contributed by atoms with Crippen LogP contribution in [0.5, 0.6) is 0 Å². The molecule has 1 amide bonds. The summed E-state index contributed by atoms with van der Waals surface area (Å²) >= 11 is 0. The number of fused-ring (bicyclic) bond motifs is 1. The van der Waals surface area contributed by atoms with Crippen LogP contribution in [0.2, 0.25) is 0 Å². The van der Waals surface area contributed by atoms with Crippen molar-refractivity contribution in [2.24, 2.45) is 0 Å². The number of aromatic nitrogens is 2. The molecule has 3 aromatic rings. The maximum Gasteiger partial charge on any atom is 0.274 e. The van der Waals surface area contributed by atoms with Gasteiger partial charge >= 0.3 is 0 Å². The third kappa shape index (κ3) is 4.53. The number of sulfonamides is 1. The molecule has 1 aromatic heterocycles. The van der Waals surface area contributed by atoms with Crippen LogP contribution >= 0.6 is 0 Å². The minimum Gasteiger partial charge on any atom is -0.298 e. The zero-order valence-electron chi connectivity index (χ0n) is 14.9. The fourth-order valence-corrected chi connectivity index (χ4v) is 3.33. The second-order valence-corrected chi connectivity index (χ2v) is 7.99. The van der Waals surface area contributed by atoms with E-state index in [1.54, 1.807) is 18.2 Å². The monoisotopic (exact) mass is 402 g/mol. The summed E-state index contributed by atoms with van der Waals surface area (Å²) in [7, 11) is -3.37. The van der Waals surface area contributed by atoms with Gasteiger partial charge in [-0.05, 0) is 42.3 Å². The molecule has 0 saturated carbocycles. The maximum absolute atomic E-state index is 12.7. The molecule has 0 saturated heterocycles. The highest BCUT2D eigenvalue weighted by atomic mass is 32.2. The van der Waals surface area contributed by atoms with Crippen molar-refractivity contribution in [3.63, 3.8) is 0 Å². The summed E-state index contributed by atoms with van der Waals surface area (Å²) in [6.07, 6.45) is 2.98. The molecule has 0 radical (unpaired) electrons. The molecule has 146 valence electrons. The lowest BCUT2D eigenvalue weighted by molar-refractivity contribution is 0.0706. The van der Waals surface area contributed by atoms with Crippen molar-refractivity contribution in [1.29, 1.82) is 0 Å². The molecular formula is C18H18N4O5S. The Morgan fingerprint density at radius 1 is 1.21 bits per heavy atom. The van der Waals surface area contributed by atoms with Gasteiger partial charge < -0.3 is 0 Å². The van der Waals surface area contributed by atoms with Gasteiger partial charge in [-0.1, -0.05) is 12.1 Å². The first-order chi connectivity index (χ1) is 13.3. The molecule has 0 aliphatic rings. The van der Waals surface area contributed by atoms with Crippen molar-refractivity contribution >= 4 is 32.5 Å². The highest BCUT2D eigenvalue weighted by Gasteiger charge is 2.10. The van der Waals surface area contributed by atoms with Crippen molar-refractivity contribution in [1.82, 2.24) is 15.0 Å². The van der Waals surface area contributed by atoms with E-state index >= 15 is 0 Å². The fraction of sp³-hybridized carbons (Fsp3) is 0.167. The number of anilines is 1. The van der Waals surface area contributed by atoms with Gasteiger partial charge in [0.05, 0.1) is 23.5 Å². The number of carbonyl (C=O) groups is 1. The van der Waals surface area contributed by atoms with E-state index in [1.807, 2.05) is 6.07 Å². The van der Waals surface area contributed by atoms with Crippen molar-refractivity contribution in [3.8, 4) is 0 Å². The third-order valence-electron chi connectivity index (χ3n) is 4.06. The number of hydrogen-bond acceptors (Lipinski definition) is 6. The van der Waals surface area contributed by atoms with Crippen molar-refractivity contribution in [2.75, 3.05) is 11.0 Å². The average molecular weight is 402 g/mol. The van der Waals surface area contributed by atoms with Gasteiger partial charge in [-0.3, -0.25) is 24.1 Å². The normalized spacial score (nSPS) is 11.4. The predicted molar refractivity (Wildman–Crippen MR) is 104 cm³/mol. The Labute approximate surface area is 160 Å². The van der Waals surface area contributed by atoms with Crippen LogP contribution in [-0.4, -0.2) is 35.3 Å². The maximum atomic E-state index is 12.7. The summed E-state index contributed by atoms with van der Waals surface area (Å²) in [5.74, 6) is -0.716.